The molecule has 9 heteroatoms. The van der Waals surface area contributed by atoms with Crippen LogP contribution in [0.3, 0.4) is 0 Å². The summed E-state index contributed by atoms with van der Waals surface area (Å²) in [6.07, 6.45) is 1.86. The summed E-state index contributed by atoms with van der Waals surface area (Å²) in [6, 6.07) is 21.5. The number of rotatable bonds is 6. The van der Waals surface area contributed by atoms with E-state index < -0.39 is 0 Å². The molecule has 5 aromatic rings. The molecule has 0 saturated heterocycles. The molecule has 2 aromatic heterocycles. The second-order valence-corrected chi connectivity index (χ2v) is 12.0. The summed E-state index contributed by atoms with van der Waals surface area (Å²) in [6.45, 7) is 6.13. The average Bonchev–Trinajstić information content (AvgIpc) is 3.57. The Morgan fingerprint density at radius 3 is 2.50 bits per heavy atom. The molecule has 1 N–H and O–H groups in total. The number of Topliss-reactive ketones (excluding diaryl/α,β-unsaturated/α-hetero) is 1. The first-order valence-corrected chi connectivity index (χ1v) is 14.9. The van der Waals surface area contributed by atoms with Crippen molar-refractivity contribution in [3.63, 3.8) is 0 Å². The third-order valence-corrected chi connectivity index (χ3v) is 8.76. The topological polar surface area (TPSA) is 84.4 Å². The van der Waals surface area contributed by atoms with Crippen LogP contribution in [0.25, 0.3) is 31.2 Å². The smallest absolute Gasteiger partial charge is 0.328 e. The Kier molecular flexibility index (Phi) is 7.08. The first kappa shape index (κ1) is 26.2. The van der Waals surface area contributed by atoms with Crippen LogP contribution in [0.2, 0.25) is 0 Å². The molecule has 1 aliphatic heterocycles. The van der Waals surface area contributed by atoms with E-state index in [1.165, 1.54) is 22.7 Å². The predicted octanol–water partition coefficient (Wildman–Crippen LogP) is 8.06. The van der Waals surface area contributed by atoms with Crippen LogP contribution in [0.1, 0.15) is 43.2 Å². The SMILES string of the molecule is CC(=O)c1nc(-c2ccc3c(c2)N(C(=O)Nc2nc4ccccc4s2)CCC3)sc1-c1ccc(OC(C)C)cc1. The summed E-state index contributed by atoms with van der Waals surface area (Å²) >= 11 is 2.94. The maximum Gasteiger partial charge on any atom is 0.328 e. The number of hydrogen-bond donors (Lipinski definition) is 1. The first-order valence-electron chi connectivity index (χ1n) is 13.2. The molecular weight excluding hydrogens is 541 g/mol. The molecule has 0 spiro atoms. The number of anilines is 2. The molecule has 2 amide bonds. The second-order valence-electron chi connectivity index (χ2n) is 9.96. The normalized spacial score (nSPS) is 12.9. The first-order chi connectivity index (χ1) is 19.4. The summed E-state index contributed by atoms with van der Waals surface area (Å²) in [5.74, 6) is 0.696. The number of fused-ring (bicyclic) bond motifs is 2. The van der Waals surface area contributed by atoms with Crippen molar-refractivity contribution in [2.24, 2.45) is 0 Å². The zero-order valence-electron chi connectivity index (χ0n) is 22.4. The van der Waals surface area contributed by atoms with Crippen LogP contribution in [0.15, 0.2) is 66.7 Å². The lowest BCUT2D eigenvalue weighted by Gasteiger charge is -2.29. The van der Waals surface area contributed by atoms with Gasteiger partial charge in [0.25, 0.3) is 0 Å². The predicted molar refractivity (Wildman–Crippen MR) is 163 cm³/mol. The van der Waals surface area contributed by atoms with Crippen LogP contribution in [0, 0.1) is 0 Å². The molecule has 6 rings (SSSR count). The highest BCUT2D eigenvalue weighted by atomic mass is 32.1. The van der Waals surface area contributed by atoms with Gasteiger partial charge in [0.15, 0.2) is 10.9 Å². The molecular formula is C31H28N4O3S2. The van der Waals surface area contributed by atoms with Crippen molar-refractivity contribution < 1.29 is 14.3 Å². The van der Waals surface area contributed by atoms with E-state index >= 15 is 0 Å². The van der Waals surface area contributed by atoms with Gasteiger partial charge in [-0.25, -0.2) is 14.8 Å². The molecule has 0 atom stereocenters. The number of thiazole rings is 2. The Bertz CT molecular complexity index is 1690. The maximum absolute atomic E-state index is 13.4. The minimum Gasteiger partial charge on any atom is -0.491 e. The maximum atomic E-state index is 13.4. The van der Waals surface area contributed by atoms with Crippen molar-refractivity contribution in [2.45, 2.75) is 39.7 Å². The highest BCUT2D eigenvalue weighted by Crippen LogP contribution is 2.39. The fourth-order valence-corrected chi connectivity index (χ4v) is 6.81. The molecule has 7 nitrogen and oxygen atoms in total. The van der Waals surface area contributed by atoms with Crippen LogP contribution in [0.5, 0.6) is 5.75 Å². The highest BCUT2D eigenvalue weighted by Gasteiger charge is 2.25. The lowest BCUT2D eigenvalue weighted by Crippen LogP contribution is -2.38. The minimum absolute atomic E-state index is 0.0838. The minimum atomic E-state index is -0.204. The van der Waals surface area contributed by atoms with Gasteiger partial charge in [-0.3, -0.25) is 15.0 Å². The number of nitrogens with zero attached hydrogens (tertiary/aromatic N) is 3. The molecule has 0 radical (unpaired) electrons. The van der Waals surface area contributed by atoms with Gasteiger partial charge in [-0.1, -0.05) is 35.6 Å². The molecule has 1 aliphatic rings. The monoisotopic (exact) mass is 568 g/mol. The fraction of sp³-hybridized carbons (Fsp3) is 0.226. The summed E-state index contributed by atoms with van der Waals surface area (Å²) < 4.78 is 6.80. The number of hydrogen-bond acceptors (Lipinski definition) is 7. The molecule has 0 bridgehead atoms. The Morgan fingerprint density at radius 2 is 1.75 bits per heavy atom. The number of ether oxygens (including phenoxy) is 1. The van der Waals surface area contributed by atoms with Gasteiger partial charge in [0, 0.05) is 24.7 Å². The van der Waals surface area contributed by atoms with Crippen LogP contribution in [-0.2, 0) is 6.42 Å². The quantitative estimate of drug-likeness (QED) is 0.209. The van der Waals surface area contributed by atoms with Crippen molar-refractivity contribution >= 4 is 55.5 Å². The lowest BCUT2D eigenvalue weighted by atomic mass is 10.00. The molecule has 0 aliphatic carbocycles. The van der Waals surface area contributed by atoms with Crippen LogP contribution in [0.4, 0.5) is 15.6 Å². The zero-order valence-corrected chi connectivity index (χ0v) is 24.1. The Labute approximate surface area is 240 Å². The van der Waals surface area contributed by atoms with E-state index in [0.717, 1.165) is 61.1 Å². The van der Waals surface area contributed by atoms with E-state index in [1.54, 1.807) is 11.8 Å². The van der Waals surface area contributed by atoms with E-state index in [4.69, 9.17) is 9.72 Å². The van der Waals surface area contributed by atoms with Crippen LogP contribution >= 0.6 is 22.7 Å². The number of urea groups is 1. The average molecular weight is 569 g/mol. The van der Waals surface area contributed by atoms with Gasteiger partial charge in [-0.15, -0.1) is 11.3 Å². The summed E-state index contributed by atoms with van der Waals surface area (Å²) in [5.41, 5.74) is 5.07. The van der Waals surface area contributed by atoms with E-state index in [0.29, 0.717) is 17.4 Å². The lowest BCUT2D eigenvalue weighted by molar-refractivity contribution is 0.101. The summed E-state index contributed by atoms with van der Waals surface area (Å²) in [5, 5.41) is 4.31. The highest BCUT2D eigenvalue weighted by molar-refractivity contribution is 7.22. The van der Waals surface area contributed by atoms with Crippen molar-refractivity contribution in [1.29, 1.82) is 0 Å². The van der Waals surface area contributed by atoms with Crippen molar-refractivity contribution in [3.8, 4) is 26.8 Å². The van der Waals surface area contributed by atoms with E-state index in [2.05, 4.69) is 16.4 Å². The van der Waals surface area contributed by atoms with E-state index in [-0.39, 0.29) is 17.9 Å². The van der Waals surface area contributed by atoms with Gasteiger partial charge in [-0.2, -0.15) is 0 Å². The van der Waals surface area contributed by atoms with Crippen molar-refractivity contribution in [2.75, 3.05) is 16.8 Å². The molecule has 3 aromatic carbocycles. The Balaban J connectivity index is 1.30. The number of nitrogens with one attached hydrogen (secondary N) is 1. The third-order valence-electron chi connectivity index (χ3n) is 6.65. The van der Waals surface area contributed by atoms with Gasteiger partial charge < -0.3 is 4.74 Å². The number of amides is 2. The molecule has 0 fully saturated rings. The van der Waals surface area contributed by atoms with Gasteiger partial charge in [0.05, 0.1) is 21.2 Å². The molecule has 202 valence electrons. The van der Waals surface area contributed by atoms with Gasteiger partial charge >= 0.3 is 6.03 Å². The molecule has 0 saturated carbocycles. The molecule has 3 heterocycles. The largest absolute Gasteiger partial charge is 0.491 e. The number of carbonyl (C=O) groups is 2. The number of ketones is 1. The molecule has 40 heavy (non-hydrogen) atoms. The third kappa shape index (κ3) is 5.22. The van der Waals surface area contributed by atoms with Crippen LogP contribution in [-0.4, -0.2) is 34.4 Å². The number of aryl methyl sites for hydroxylation is 1. The second kappa shape index (κ2) is 10.8. The van der Waals surface area contributed by atoms with Gasteiger partial charge in [0.1, 0.15) is 16.5 Å². The van der Waals surface area contributed by atoms with E-state index in [1.807, 2.05) is 74.5 Å². The summed E-state index contributed by atoms with van der Waals surface area (Å²) in [4.78, 5) is 37.9. The standard InChI is InChI=1S/C31H28N4O3S2/c1-18(2)38-23-14-12-21(13-15-23)28-27(19(3)36)33-29(40-28)22-11-10-20-7-6-16-35(25(20)17-22)31(37)34-30-32-24-8-4-5-9-26(24)39-30/h4-5,8-15,17-18H,6-7,16H2,1-3H3,(H,32,34,37). The summed E-state index contributed by atoms with van der Waals surface area (Å²) in [7, 11) is 0. The van der Waals surface area contributed by atoms with Crippen molar-refractivity contribution in [1.82, 2.24) is 9.97 Å². The van der Waals surface area contributed by atoms with Crippen LogP contribution < -0.4 is 15.0 Å². The van der Waals surface area contributed by atoms with Crippen molar-refractivity contribution in [3.05, 3.63) is 78.0 Å². The number of aromatic nitrogens is 2. The Hall–Kier alpha value is -4.08. The molecule has 0 unspecified atom stereocenters. The van der Waals surface area contributed by atoms with Gasteiger partial charge in [-0.05, 0) is 80.3 Å². The number of carbonyl (C=O) groups excluding carboxylic acids is 2. The zero-order chi connectivity index (χ0) is 27.8. The number of benzene rings is 3. The van der Waals surface area contributed by atoms with Gasteiger partial charge in [0.2, 0.25) is 0 Å². The fourth-order valence-electron chi connectivity index (χ4n) is 4.84. The number of para-hydroxylation sites is 1. The Morgan fingerprint density at radius 1 is 0.975 bits per heavy atom. The van der Waals surface area contributed by atoms with E-state index in [9.17, 15) is 9.59 Å².